The highest BCUT2D eigenvalue weighted by Crippen LogP contribution is 2.21. The van der Waals surface area contributed by atoms with E-state index < -0.39 is 0 Å². The minimum absolute atomic E-state index is 0.538. The van der Waals surface area contributed by atoms with Gasteiger partial charge < -0.3 is 4.42 Å². The summed E-state index contributed by atoms with van der Waals surface area (Å²) in [7, 11) is 0. The molecule has 0 aliphatic carbocycles. The fourth-order valence-corrected chi connectivity index (χ4v) is 1.23. The second-order valence-electron chi connectivity index (χ2n) is 2.98. The lowest BCUT2D eigenvalue weighted by Crippen LogP contribution is -1.80. The minimum atomic E-state index is 0.538. The predicted octanol–water partition coefficient (Wildman–Crippen LogP) is 2.52. The summed E-state index contributed by atoms with van der Waals surface area (Å²) >= 11 is 0. The van der Waals surface area contributed by atoms with Crippen molar-refractivity contribution in [2.75, 3.05) is 0 Å². The van der Waals surface area contributed by atoms with E-state index in [0.29, 0.717) is 5.56 Å². The molecule has 0 spiro atoms. The summed E-state index contributed by atoms with van der Waals surface area (Å²) in [5.41, 5.74) is 1.37. The summed E-state index contributed by atoms with van der Waals surface area (Å²) in [6.07, 6.45) is 3.21. The number of furan rings is 1. The van der Waals surface area contributed by atoms with E-state index in [1.165, 1.54) is 6.20 Å². The highest BCUT2D eigenvalue weighted by Gasteiger charge is 2.03. The molecule has 0 atom stereocenters. The molecule has 0 fully saturated rings. The van der Waals surface area contributed by atoms with E-state index in [1.54, 1.807) is 12.3 Å². The molecule has 2 heterocycles. The van der Waals surface area contributed by atoms with E-state index >= 15 is 0 Å². The van der Waals surface area contributed by atoms with Crippen LogP contribution in [0.4, 0.5) is 0 Å². The van der Waals surface area contributed by atoms with Crippen LogP contribution in [0, 0.1) is 18.3 Å². The normalized spacial score (nSPS) is 9.71. The maximum absolute atomic E-state index is 8.69. The third-order valence-corrected chi connectivity index (χ3v) is 1.89. The average molecular weight is 184 g/mol. The Bertz CT molecular complexity index is 494. The van der Waals surface area contributed by atoms with E-state index in [0.717, 1.165) is 17.1 Å². The summed E-state index contributed by atoms with van der Waals surface area (Å²) < 4.78 is 5.42. The summed E-state index contributed by atoms with van der Waals surface area (Å²) in [5.74, 6) is 1.59. The topological polar surface area (TPSA) is 49.8 Å². The van der Waals surface area contributed by atoms with Gasteiger partial charge in [-0.3, -0.25) is 4.98 Å². The first-order chi connectivity index (χ1) is 6.79. The summed E-state index contributed by atoms with van der Waals surface area (Å²) in [5, 5.41) is 8.69. The number of nitrogens with zero attached hydrogens (tertiary/aromatic N) is 2. The zero-order chi connectivity index (χ0) is 9.97. The van der Waals surface area contributed by atoms with Crippen molar-refractivity contribution >= 4 is 0 Å². The molecule has 0 aromatic carbocycles. The fraction of sp³-hybridized carbons (Fsp3) is 0.0909. The summed E-state index contributed by atoms with van der Waals surface area (Å²) in [6.45, 7) is 1.88. The number of hydrogen-bond acceptors (Lipinski definition) is 3. The quantitative estimate of drug-likeness (QED) is 0.684. The second kappa shape index (κ2) is 3.35. The van der Waals surface area contributed by atoms with E-state index in [4.69, 9.17) is 9.68 Å². The fourth-order valence-electron chi connectivity index (χ4n) is 1.23. The first-order valence-corrected chi connectivity index (χ1v) is 4.21. The second-order valence-corrected chi connectivity index (χ2v) is 2.98. The molecule has 0 aliphatic heterocycles. The maximum atomic E-state index is 8.69. The molecule has 0 N–H and O–H groups in total. The molecule has 0 bridgehead atoms. The van der Waals surface area contributed by atoms with E-state index in [1.807, 2.05) is 25.1 Å². The summed E-state index contributed by atoms with van der Waals surface area (Å²) in [6, 6.07) is 7.55. The van der Waals surface area contributed by atoms with Crippen molar-refractivity contribution < 1.29 is 4.42 Å². The first kappa shape index (κ1) is 8.52. The van der Waals surface area contributed by atoms with E-state index in [2.05, 4.69) is 4.98 Å². The third kappa shape index (κ3) is 1.50. The number of pyridine rings is 1. The Hall–Kier alpha value is -2.08. The SMILES string of the molecule is Cc1ccc(-c2cncc(C#N)c2)o1. The van der Waals surface area contributed by atoms with Gasteiger partial charge >= 0.3 is 0 Å². The first-order valence-electron chi connectivity index (χ1n) is 4.21. The number of rotatable bonds is 1. The van der Waals surface area contributed by atoms with Gasteiger partial charge in [-0.15, -0.1) is 0 Å². The Balaban J connectivity index is 2.47. The van der Waals surface area contributed by atoms with Gasteiger partial charge in [0.15, 0.2) is 0 Å². The van der Waals surface area contributed by atoms with Crippen molar-refractivity contribution in [1.82, 2.24) is 4.98 Å². The van der Waals surface area contributed by atoms with Crippen LogP contribution in [0.1, 0.15) is 11.3 Å². The van der Waals surface area contributed by atoms with Crippen LogP contribution >= 0.6 is 0 Å². The number of aryl methyl sites for hydroxylation is 1. The van der Waals surface area contributed by atoms with Crippen molar-refractivity contribution in [3.05, 3.63) is 41.9 Å². The molecule has 0 radical (unpaired) electrons. The standard InChI is InChI=1S/C11H8N2O/c1-8-2-3-11(14-8)10-4-9(5-12)6-13-7-10/h2-4,6-7H,1H3. The van der Waals surface area contributed by atoms with Crippen molar-refractivity contribution in [2.45, 2.75) is 6.92 Å². The van der Waals surface area contributed by atoms with Crippen LogP contribution in [-0.2, 0) is 0 Å². The lowest BCUT2D eigenvalue weighted by molar-refractivity contribution is 0.548. The highest BCUT2D eigenvalue weighted by atomic mass is 16.3. The molecular weight excluding hydrogens is 176 g/mol. The van der Waals surface area contributed by atoms with Gasteiger partial charge in [-0.25, -0.2) is 0 Å². The maximum Gasteiger partial charge on any atom is 0.135 e. The molecule has 0 amide bonds. The molecule has 0 unspecified atom stereocenters. The van der Waals surface area contributed by atoms with Crippen LogP contribution in [0.25, 0.3) is 11.3 Å². The molecule has 68 valence electrons. The zero-order valence-corrected chi connectivity index (χ0v) is 7.69. The lowest BCUT2D eigenvalue weighted by atomic mass is 10.2. The lowest BCUT2D eigenvalue weighted by Gasteiger charge is -1.95. The van der Waals surface area contributed by atoms with Gasteiger partial charge in [-0.05, 0) is 25.1 Å². The number of aromatic nitrogens is 1. The van der Waals surface area contributed by atoms with Gasteiger partial charge in [0.2, 0.25) is 0 Å². The highest BCUT2D eigenvalue weighted by molar-refractivity contribution is 5.58. The molecule has 14 heavy (non-hydrogen) atoms. The van der Waals surface area contributed by atoms with Crippen molar-refractivity contribution in [3.8, 4) is 17.4 Å². The molecule has 0 saturated carbocycles. The minimum Gasteiger partial charge on any atom is -0.461 e. The Morgan fingerprint density at radius 1 is 1.36 bits per heavy atom. The average Bonchev–Trinajstić information content (AvgIpc) is 2.65. The summed E-state index contributed by atoms with van der Waals surface area (Å²) in [4.78, 5) is 3.96. The molecule has 2 aromatic heterocycles. The smallest absolute Gasteiger partial charge is 0.135 e. The van der Waals surface area contributed by atoms with Gasteiger partial charge in [0.05, 0.1) is 5.56 Å². The number of hydrogen-bond donors (Lipinski definition) is 0. The monoisotopic (exact) mass is 184 g/mol. The van der Waals surface area contributed by atoms with Gasteiger partial charge in [0, 0.05) is 18.0 Å². The Morgan fingerprint density at radius 3 is 2.86 bits per heavy atom. The van der Waals surface area contributed by atoms with Crippen molar-refractivity contribution in [3.63, 3.8) is 0 Å². The van der Waals surface area contributed by atoms with Crippen molar-refractivity contribution in [2.24, 2.45) is 0 Å². The van der Waals surface area contributed by atoms with E-state index in [-0.39, 0.29) is 0 Å². The van der Waals surface area contributed by atoms with Crippen LogP contribution in [0.15, 0.2) is 35.0 Å². The molecule has 3 nitrogen and oxygen atoms in total. The van der Waals surface area contributed by atoms with Crippen molar-refractivity contribution in [1.29, 1.82) is 5.26 Å². The van der Waals surface area contributed by atoms with E-state index in [9.17, 15) is 0 Å². The molecule has 0 aliphatic rings. The van der Waals surface area contributed by atoms with Crippen LogP contribution < -0.4 is 0 Å². The number of nitriles is 1. The zero-order valence-electron chi connectivity index (χ0n) is 7.69. The predicted molar refractivity (Wildman–Crippen MR) is 51.4 cm³/mol. The molecule has 2 aromatic rings. The van der Waals surface area contributed by atoms with Crippen LogP contribution in [0.2, 0.25) is 0 Å². The van der Waals surface area contributed by atoms with Crippen LogP contribution in [0.5, 0.6) is 0 Å². The van der Waals surface area contributed by atoms with Crippen LogP contribution in [0.3, 0.4) is 0 Å². The van der Waals surface area contributed by atoms with Gasteiger partial charge in [-0.1, -0.05) is 0 Å². The Morgan fingerprint density at radius 2 is 2.21 bits per heavy atom. The Labute approximate surface area is 81.6 Å². The Kier molecular flexibility index (Phi) is 2.04. The largest absolute Gasteiger partial charge is 0.461 e. The molecule has 0 saturated heterocycles. The van der Waals surface area contributed by atoms with Gasteiger partial charge in [0.25, 0.3) is 0 Å². The third-order valence-electron chi connectivity index (χ3n) is 1.89. The van der Waals surface area contributed by atoms with Crippen LogP contribution in [-0.4, -0.2) is 4.98 Å². The molecular formula is C11H8N2O. The molecule has 3 heteroatoms. The van der Waals surface area contributed by atoms with Gasteiger partial charge in [0.1, 0.15) is 17.6 Å². The molecule has 2 rings (SSSR count). The van der Waals surface area contributed by atoms with Gasteiger partial charge in [-0.2, -0.15) is 5.26 Å².